The highest BCUT2D eigenvalue weighted by Gasteiger charge is 2.26. The van der Waals surface area contributed by atoms with Crippen LogP contribution in [0.2, 0.25) is 0 Å². The van der Waals surface area contributed by atoms with Crippen molar-refractivity contribution in [2.24, 2.45) is 0 Å². The van der Waals surface area contributed by atoms with E-state index in [0.29, 0.717) is 47.3 Å². The fourth-order valence-electron chi connectivity index (χ4n) is 3.10. The molecule has 0 amide bonds. The molecule has 0 spiro atoms. The van der Waals surface area contributed by atoms with Crippen LogP contribution in [0.15, 0.2) is 18.2 Å². The SMILES string of the molecule is COc1cc(CCc2cc(O)c3c(c2OC)OCO3)cc2c1OCO2. The molecule has 7 heteroatoms. The number of hydrogen-bond acceptors (Lipinski definition) is 7. The number of benzene rings is 2. The number of ether oxygens (including phenoxy) is 6. The van der Waals surface area contributed by atoms with Gasteiger partial charge in [0.25, 0.3) is 0 Å². The number of fused-ring (bicyclic) bond motifs is 2. The van der Waals surface area contributed by atoms with Crippen molar-refractivity contribution >= 4 is 0 Å². The molecule has 2 heterocycles. The maximum absolute atomic E-state index is 10.1. The van der Waals surface area contributed by atoms with Crippen LogP contribution in [0.25, 0.3) is 0 Å². The Bertz CT molecular complexity index is 816. The Morgan fingerprint density at radius 3 is 2.44 bits per heavy atom. The molecule has 0 unspecified atom stereocenters. The third-order valence-corrected chi connectivity index (χ3v) is 4.26. The van der Waals surface area contributed by atoms with Crippen molar-refractivity contribution < 1.29 is 33.5 Å². The monoisotopic (exact) mass is 346 g/mol. The number of phenolic OH excluding ortho intramolecular Hbond substituents is 1. The lowest BCUT2D eigenvalue weighted by Gasteiger charge is -2.13. The van der Waals surface area contributed by atoms with Crippen molar-refractivity contribution in [3.63, 3.8) is 0 Å². The van der Waals surface area contributed by atoms with Crippen LogP contribution < -0.4 is 28.4 Å². The Morgan fingerprint density at radius 1 is 0.880 bits per heavy atom. The predicted molar refractivity (Wildman–Crippen MR) is 87.3 cm³/mol. The second-order valence-electron chi connectivity index (χ2n) is 5.68. The number of hydrogen-bond donors (Lipinski definition) is 1. The van der Waals surface area contributed by atoms with Gasteiger partial charge >= 0.3 is 0 Å². The molecule has 132 valence electrons. The Hall–Kier alpha value is -2.96. The maximum atomic E-state index is 10.1. The van der Waals surface area contributed by atoms with Gasteiger partial charge in [-0.1, -0.05) is 0 Å². The summed E-state index contributed by atoms with van der Waals surface area (Å²) in [6, 6.07) is 5.51. The van der Waals surface area contributed by atoms with Crippen molar-refractivity contribution in [1.29, 1.82) is 0 Å². The van der Waals surface area contributed by atoms with Crippen LogP contribution in [-0.2, 0) is 12.8 Å². The minimum absolute atomic E-state index is 0.0477. The lowest BCUT2D eigenvalue weighted by atomic mass is 10.0. The van der Waals surface area contributed by atoms with Crippen LogP contribution in [0.1, 0.15) is 11.1 Å². The van der Waals surface area contributed by atoms with E-state index < -0.39 is 0 Å². The summed E-state index contributed by atoms with van der Waals surface area (Å²) in [4.78, 5) is 0. The highest BCUT2D eigenvalue weighted by molar-refractivity contribution is 5.63. The first-order chi connectivity index (χ1) is 12.2. The molecule has 0 radical (unpaired) electrons. The summed E-state index contributed by atoms with van der Waals surface area (Å²) < 4.78 is 32.4. The first-order valence-corrected chi connectivity index (χ1v) is 7.86. The van der Waals surface area contributed by atoms with Gasteiger partial charge in [0.2, 0.25) is 30.8 Å². The van der Waals surface area contributed by atoms with E-state index in [1.807, 2.05) is 12.1 Å². The average Bonchev–Trinajstić information content (AvgIpc) is 3.28. The first kappa shape index (κ1) is 15.6. The Morgan fingerprint density at radius 2 is 1.64 bits per heavy atom. The molecule has 0 bridgehead atoms. The van der Waals surface area contributed by atoms with Gasteiger partial charge in [0.05, 0.1) is 14.2 Å². The van der Waals surface area contributed by atoms with E-state index in [-0.39, 0.29) is 19.3 Å². The van der Waals surface area contributed by atoms with Gasteiger partial charge in [-0.05, 0) is 36.6 Å². The quantitative estimate of drug-likeness (QED) is 0.892. The van der Waals surface area contributed by atoms with Gasteiger partial charge in [0, 0.05) is 5.56 Å². The van der Waals surface area contributed by atoms with E-state index in [4.69, 9.17) is 28.4 Å². The maximum Gasteiger partial charge on any atom is 0.231 e. The second kappa shape index (κ2) is 6.16. The minimum Gasteiger partial charge on any atom is -0.504 e. The number of aryl methyl sites for hydroxylation is 2. The van der Waals surface area contributed by atoms with E-state index in [0.717, 1.165) is 11.1 Å². The van der Waals surface area contributed by atoms with Crippen LogP contribution in [0.3, 0.4) is 0 Å². The fraction of sp³-hybridized carbons (Fsp3) is 0.333. The summed E-state index contributed by atoms with van der Waals surface area (Å²) in [5.41, 5.74) is 1.86. The summed E-state index contributed by atoms with van der Waals surface area (Å²) in [6.45, 7) is 0.265. The second-order valence-corrected chi connectivity index (χ2v) is 5.68. The lowest BCUT2D eigenvalue weighted by molar-refractivity contribution is 0.169. The third kappa shape index (κ3) is 2.61. The highest BCUT2D eigenvalue weighted by atomic mass is 16.7. The molecule has 0 fully saturated rings. The zero-order valence-electron chi connectivity index (χ0n) is 14.0. The fourth-order valence-corrected chi connectivity index (χ4v) is 3.10. The molecule has 2 aliphatic heterocycles. The number of rotatable bonds is 5. The van der Waals surface area contributed by atoms with Gasteiger partial charge in [-0.2, -0.15) is 0 Å². The molecule has 1 N–H and O–H groups in total. The topological polar surface area (TPSA) is 75.6 Å². The Balaban J connectivity index is 1.61. The van der Waals surface area contributed by atoms with Gasteiger partial charge < -0.3 is 33.5 Å². The molecule has 25 heavy (non-hydrogen) atoms. The molecule has 2 aromatic rings. The predicted octanol–water partition coefficient (Wildman–Crippen LogP) is 2.65. The smallest absolute Gasteiger partial charge is 0.231 e. The lowest BCUT2D eigenvalue weighted by Crippen LogP contribution is -1.98. The Labute approximate surface area is 144 Å². The molecule has 0 atom stereocenters. The summed E-state index contributed by atoms with van der Waals surface area (Å²) >= 11 is 0. The van der Waals surface area contributed by atoms with Crippen LogP contribution >= 0.6 is 0 Å². The number of aromatic hydroxyl groups is 1. The highest BCUT2D eigenvalue weighted by Crippen LogP contribution is 2.49. The molecule has 0 aromatic heterocycles. The van der Waals surface area contributed by atoms with Gasteiger partial charge in [0.1, 0.15) is 0 Å². The molecule has 2 aliphatic rings. The normalized spacial score (nSPS) is 13.8. The van der Waals surface area contributed by atoms with E-state index in [1.165, 1.54) is 0 Å². The summed E-state index contributed by atoms with van der Waals surface area (Å²) in [6.07, 6.45) is 1.33. The van der Waals surface area contributed by atoms with E-state index in [1.54, 1.807) is 20.3 Å². The molecule has 0 aliphatic carbocycles. The largest absolute Gasteiger partial charge is 0.504 e. The zero-order valence-corrected chi connectivity index (χ0v) is 14.0. The standard InChI is InChI=1S/C18H18O7/c1-20-13-5-10(6-14-17(13)24-8-22-14)3-4-11-7-12(19)16-18(15(11)21-2)25-9-23-16/h5-7,19H,3-4,8-9H2,1-2H3. The summed E-state index contributed by atoms with van der Waals surface area (Å²) in [7, 11) is 3.17. The summed E-state index contributed by atoms with van der Waals surface area (Å²) in [5, 5.41) is 10.1. The summed E-state index contributed by atoms with van der Waals surface area (Å²) in [5.74, 6) is 3.35. The zero-order chi connectivity index (χ0) is 17.4. The Kier molecular flexibility index (Phi) is 3.83. The van der Waals surface area contributed by atoms with Crippen LogP contribution in [0, 0.1) is 0 Å². The van der Waals surface area contributed by atoms with Crippen molar-refractivity contribution in [3.05, 3.63) is 29.3 Å². The van der Waals surface area contributed by atoms with Gasteiger partial charge in [-0.15, -0.1) is 0 Å². The van der Waals surface area contributed by atoms with Crippen LogP contribution in [0.4, 0.5) is 0 Å². The van der Waals surface area contributed by atoms with Crippen molar-refractivity contribution in [3.8, 4) is 40.2 Å². The molecule has 0 saturated carbocycles. The molecular formula is C18H18O7. The number of methoxy groups -OCH3 is 2. The van der Waals surface area contributed by atoms with Crippen LogP contribution in [-0.4, -0.2) is 32.9 Å². The molecular weight excluding hydrogens is 328 g/mol. The van der Waals surface area contributed by atoms with Crippen LogP contribution in [0.5, 0.6) is 40.2 Å². The van der Waals surface area contributed by atoms with Gasteiger partial charge in [-0.25, -0.2) is 0 Å². The van der Waals surface area contributed by atoms with Crippen molar-refractivity contribution in [1.82, 2.24) is 0 Å². The third-order valence-electron chi connectivity index (χ3n) is 4.26. The van der Waals surface area contributed by atoms with E-state index in [2.05, 4.69) is 0 Å². The van der Waals surface area contributed by atoms with Crippen molar-refractivity contribution in [2.45, 2.75) is 12.8 Å². The molecule has 4 rings (SSSR count). The van der Waals surface area contributed by atoms with E-state index >= 15 is 0 Å². The van der Waals surface area contributed by atoms with Crippen molar-refractivity contribution in [2.75, 3.05) is 27.8 Å². The molecule has 0 saturated heterocycles. The van der Waals surface area contributed by atoms with Gasteiger partial charge in [0.15, 0.2) is 23.0 Å². The first-order valence-electron chi connectivity index (χ1n) is 7.86. The molecule has 7 nitrogen and oxygen atoms in total. The van der Waals surface area contributed by atoms with E-state index in [9.17, 15) is 5.11 Å². The number of phenols is 1. The molecule has 2 aromatic carbocycles. The average molecular weight is 346 g/mol. The minimum atomic E-state index is 0.0477. The van der Waals surface area contributed by atoms with Gasteiger partial charge in [-0.3, -0.25) is 0 Å².